The molecule has 1 aromatic carbocycles. The van der Waals surface area contributed by atoms with Crippen LogP contribution in [0.15, 0.2) is 33.7 Å². The molecule has 1 unspecified atom stereocenters. The zero-order valence-corrected chi connectivity index (χ0v) is 13.6. The molecular formula is C14H20N4O3S. The van der Waals surface area contributed by atoms with E-state index in [1.807, 2.05) is 14.0 Å². The van der Waals surface area contributed by atoms with Crippen LogP contribution >= 0.6 is 0 Å². The highest BCUT2D eigenvalue weighted by Crippen LogP contribution is 2.21. The number of hydrogen-bond donors (Lipinski definition) is 2. The Balaban J connectivity index is 2.27. The largest absolute Gasteiger partial charge is 0.334 e. The monoisotopic (exact) mass is 324 g/mol. The third kappa shape index (κ3) is 3.90. The molecule has 2 rings (SSSR count). The number of likely N-dealkylation sites (N-methyl/N-ethyl adjacent to an activating group) is 1. The molecule has 0 saturated carbocycles. The van der Waals surface area contributed by atoms with Crippen molar-refractivity contribution in [1.82, 2.24) is 20.2 Å². The van der Waals surface area contributed by atoms with E-state index in [1.54, 1.807) is 19.1 Å². The van der Waals surface area contributed by atoms with Gasteiger partial charge in [0.15, 0.2) is 5.82 Å². The molecule has 0 aliphatic rings. The lowest BCUT2D eigenvalue weighted by molar-refractivity contribution is 0.418. The van der Waals surface area contributed by atoms with Crippen molar-refractivity contribution in [3.8, 4) is 11.5 Å². The summed E-state index contributed by atoms with van der Waals surface area (Å²) in [5.74, 6) is 0.892. The Bertz CT molecular complexity index is 727. The minimum Gasteiger partial charge on any atom is -0.334 e. The van der Waals surface area contributed by atoms with E-state index in [1.165, 1.54) is 12.1 Å². The van der Waals surface area contributed by atoms with Gasteiger partial charge in [-0.3, -0.25) is 0 Å². The summed E-state index contributed by atoms with van der Waals surface area (Å²) >= 11 is 0. The topological polar surface area (TPSA) is 97.1 Å². The average molecular weight is 324 g/mol. The third-order valence-electron chi connectivity index (χ3n) is 3.18. The lowest BCUT2D eigenvalue weighted by Gasteiger charge is -2.05. The lowest BCUT2D eigenvalue weighted by Crippen LogP contribution is -2.24. The molecule has 22 heavy (non-hydrogen) atoms. The molecule has 120 valence electrons. The van der Waals surface area contributed by atoms with Crippen molar-refractivity contribution in [2.75, 3.05) is 13.6 Å². The first-order valence-corrected chi connectivity index (χ1v) is 8.54. The highest BCUT2D eigenvalue weighted by atomic mass is 32.2. The second-order valence-electron chi connectivity index (χ2n) is 4.94. The van der Waals surface area contributed by atoms with Gasteiger partial charge in [0.25, 0.3) is 5.89 Å². The van der Waals surface area contributed by atoms with Gasteiger partial charge in [-0.15, -0.1) is 0 Å². The Morgan fingerprint density at radius 2 is 2.14 bits per heavy atom. The summed E-state index contributed by atoms with van der Waals surface area (Å²) in [6.45, 7) is 4.08. The molecule has 0 amide bonds. The fourth-order valence-corrected chi connectivity index (χ4v) is 2.99. The van der Waals surface area contributed by atoms with Crippen LogP contribution in [0.25, 0.3) is 11.5 Å². The molecule has 0 fully saturated rings. The fraction of sp³-hybridized carbons (Fsp3) is 0.429. The molecule has 0 radical (unpaired) electrons. The first-order chi connectivity index (χ1) is 10.5. The minimum absolute atomic E-state index is 0.176. The molecule has 0 aliphatic heterocycles. The minimum atomic E-state index is -3.51. The fourth-order valence-electron chi connectivity index (χ4n) is 1.90. The van der Waals surface area contributed by atoms with E-state index in [4.69, 9.17) is 4.52 Å². The molecule has 2 aromatic rings. The van der Waals surface area contributed by atoms with E-state index in [9.17, 15) is 8.42 Å². The number of nitrogens with zero attached hydrogens (tertiary/aromatic N) is 2. The van der Waals surface area contributed by atoms with E-state index < -0.39 is 10.0 Å². The summed E-state index contributed by atoms with van der Waals surface area (Å²) in [5, 5.41) is 7.01. The first-order valence-electron chi connectivity index (χ1n) is 7.06. The van der Waals surface area contributed by atoms with E-state index >= 15 is 0 Å². The van der Waals surface area contributed by atoms with Gasteiger partial charge in [0.2, 0.25) is 10.0 Å². The van der Waals surface area contributed by atoms with Gasteiger partial charge in [0.05, 0.1) is 4.90 Å². The van der Waals surface area contributed by atoms with Crippen LogP contribution in [0, 0.1) is 0 Å². The van der Waals surface area contributed by atoms with Crippen molar-refractivity contribution >= 4 is 10.0 Å². The Hall–Kier alpha value is -1.77. The van der Waals surface area contributed by atoms with Gasteiger partial charge in [-0.1, -0.05) is 18.1 Å². The number of nitrogens with one attached hydrogen (secondary N) is 2. The molecular weight excluding hydrogens is 304 g/mol. The normalized spacial score (nSPS) is 13.2. The van der Waals surface area contributed by atoms with Crippen LogP contribution in [0.2, 0.25) is 0 Å². The van der Waals surface area contributed by atoms with Gasteiger partial charge in [-0.2, -0.15) is 4.98 Å². The Morgan fingerprint density at radius 3 is 2.82 bits per heavy atom. The van der Waals surface area contributed by atoms with Crippen LogP contribution < -0.4 is 10.0 Å². The number of hydrogen-bond acceptors (Lipinski definition) is 6. The van der Waals surface area contributed by atoms with Crippen LogP contribution in [0.4, 0.5) is 0 Å². The molecule has 0 saturated heterocycles. The molecule has 0 bridgehead atoms. The van der Waals surface area contributed by atoms with E-state index in [0.29, 0.717) is 30.2 Å². The zero-order valence-electron chi connectivity index (χ0n) is 12.8. The number of aromatic nitrogens is 2. The van der Waals surface area contributed by atoms with Crippen molar-refractivity contribution in [2.45, 2.75) is 31.2 Å². The number of sulfonamides is 1. The second-order valence-corrected chi connectivity index (χ2v) is 6.71. The summed E-state index contributed by atoms with van der Waals surface area (Å²) in [5.41, 5.74) is 0.579. The van der Waals surface area contributed by atoms with Crippen LogP contribution in [-0.4, -0.2) is 38.2 Å². The van der Waals surface area contributed by atoms with Crippen molar-refractivity contribution in [2.24, 2.45) is 0 Å². The highest BCUT2D eigenvalue weighted by Gasteiger charge is 2.16. The van der Waals surface area contributed by atoms with Crippen LogP contribution in [-0.2, 0) is 16.4 Å². The lowest BCUT2D eigenvalue weighted by atomic mass is 10.2. The number of rotatable bonds is 7. The van der Waals surface area contributed by atoms with E-state index in [-0.39, 0.29) is 10.9 Å². The smallest absolute Gasteiger partial charge is 0.257 e. The summed E-state index contributed by atoms with van der Waals surface area (Å²) in [7, 11) is -1.65. The van der Waals surface area contributed by atoms with Crippen molar-refractivity contribution in [3.05, 3.63) is 30.1 Å². The Labute approximate surface area is 130 Å². The first kappa shape index (κ1) is 16.6. The quantitative estimate of drug-likeness (QED) is 0.794. The summed E-state index contributed by atoms with van der Waals surface area (Å²) in [6, 6.07) is 6.67. The molecule has 0 spiro atoms. The summed E-state index contributed by atoms with van der Waals surface area (Å²) < 4.78 is 31.7. The molecule has 7 nitrogen and oxygen atoms in total. The standard InChI is InChI=1S/C14H20N4O3S/c1-4-16-22(19,20)12-7-5-6-11(9-12)14-17-13(18-21-14)8-10(2)15-3/h5-7,9-10,15-16H,4,8H2,1-3H3. The van der Waals surface area contributed by atoms with Crippen molar-refractivity contribution < 1.29 is 12.9 Å². The van der Waals surface area contributed by atoms with Gasteiger partial charge in [0, 0.05) is 24.6 Å². The maximum absolute atomic E-state index is 12.0. The number of benzene rings is 1. The van der Waals surface area contributed by atoms with E-state index in [0.717, 1.165) is 0 Å². The Morgan fingerprint density at radius 1 is 1.36 bits per heavy atom. The van der Waals surface area contributed by atoms with Crippen LogP contribution in [0.5, 0.6) is 0 Å². The molecule has 1 atom stereocenters. The van der Waals surface area contributed by atoms with E-state index in [2.05, 4.69) is 20.2 Å². The highest BCUT2D eigenvalue weighted by molar-refractivity contribution is 7.89. The van der Waals surface area contributed by atoms with Gasteiger partial charge in [0.1, 0.15) is 0 Å². The molecule has 8 heteroatoms. The Kier molecular flexibility index (Phi) is 5.28. The predicted octanol–water partition coefficient (Wildman–Crippen LogP) is 1.19. The maximum atomic E-state index is 12.0. The SMILES string of the molecule is CCNS(=O)(=O)c1cccc(-c2nc(CC(C)NC)no2)c1. The molecule has 0 aliphatic carbocycles. The van der Waals surface area contributed by atoms with Gasteiger partial charge in [-0.05, 0) is 32.2 Å². The molecule has 2 N–H and O–H groups in total. The van der Waals surface area contributed by atoms with Gasteiger partial charge in [-0.25, -0.2) is 13.1 Å². The average Bonchev–Trinajstić information content (AvgIpc) is 2.95. The van der Waals surface area contributed by atoms with Crippen molar-refractivity contribution in [1.29, 1.82) is 0 Å². The second kappa shape index (κ2) is 6.99. The van der Waals surface area contributed by atoms with Gasteiger partial charge >= 0.3 is 0 Å². The molecule has 1 aromatic heterocycles. The predicted molar refractivity (Wildman–Crippen MR) is 82.8 cm³/mol. The van der Waals surface area contributed by atoms with Crippen LogP contribution in [0.1, 0.15) is 19.7 Å². The zero-order chi connectivity index (χ0) is 16.2. The van der Waals surface area contributed by atoms with Crippen LogP contribution in [0.3, 0.4) is 0 Å². The summed E-state index contributed by atoms with van der Waals surface area (Å²) in [4.78, 5) is 4.48. The van der Waals surface area contributed by atoms with Gasteiger partial charge < -0.3 is 9.84 Å². The van der Waals surface area contributed by atoms with Crippen molar-refractivity contribution in [3.63, 3.8) is 0 Å². The third-order valence-corrected chi connectivity index (χ3v) is 4.72. The maximum Gasteiger partial charge on any atom is 0.257 e. The summed E-state index contributed by atoms with van der Waals surface area (Å²) in [6.07, 6.45) is 0.634. The molecule has 1 heterocycles.